The molecule has 7 heteroatoms. The van der Waals surface area contributed by atoms with Gasteiger partial charge in [0.2, 0.25) is 0 Å². The van der Waals surface area contributed by atoms with Crippen LogP contribution < -0.4 is 0 Å². The maximum atomic E-state index is 12.4. The Hall–Kier alpha value is -2.18. The quantitative estimate of drug-likeness (QED) is 0.766. The molecule has 1 aromatic rings. The SMILES string of the molecule is CCOC(=O)c1c(C)nc(C)nc1C1CCN(C(=O)OC(C)(C)C)CC1. The van der Waals surface area contributed by atoms with Crippen LogP contribution in [-0.4, -0.2) is 52.2 Å². The van der Waals surface area contributed by atoms with Crippen LogP contribution in [0.15, 0.2) is 0 Å². The summed E-state index contributed by atoms with van der Waals surface area (Å²) in [7, 11) is 0. The van der Waals surface area contributed by atoms with Gasteiger partial charge in [-0.1, -0.05) is 0 Å². The zero-order valence-corrected chi connectivity index (χ0v) is 16.6. The van der Waals surface area contributed by atoms with Gasteiger partial charge in [0, 0.05) is 19.0 Å². The molecular weight excluding hydrogens is 334 g/mol. The molecule has 1 fully saturated rings. The third-order valence-corrected chi connectivity index (χ3v) is 4.24. The molecule has 2 heterocycles. The highest BCUT2D eigenvalue weighted by molar-refractivity contribution is 5.92. The van der Waals surface area contributed by atoms with Crippen molar-refractivity contribution in [2.45, 2.75) is 65.9 Å². The fraction of sp³-hybridized carbons (Fsp3) is 0.684. The van der Waals surface area contributed by atoms with Crippen LogP contribution in [-0.2, 0) is 9.47 Å². The Morgan fingerprint density at radius 2 is 1.77 bits per heavy atom. The van der Waals surface area contributed by atoms with E-state index in [4.69, 9.17) is 9.47 Å². The number of aromatic nitrogens is 2. The maximum Gasteiger partial charge on any atom is 0.410 e. The summed E-state index contributed by atoms with van der Waals surface area (Å²) < 4.78 is 10.6. The summed E-state index contributed by atoms with van der Waals surface area (Å²) in [6.07, 6.45) is 1.15. The minimum atomic E-state index is -0.508. The second-order valence-electron chi connectivity index (χ2n) is 7.58. The standard InChI is InChI=1S/C19H29N3O4/c1-7-25-17(23)15-12(2)20-13(3)21-16(15)14-8-10-22(11-9-14)18(24)26-19(4,5)6/h14H,7-11H2,1-6H3. The lowest BCUT2D eigenvalue weighted by molar-refractivity contribution is 0.0202. The van der Waals surface area contributed by atoms with Gasteiger partial charge in [-0.3, -0.25) is 0 Å². The summed E-state index contributed by atoms with van der Waals surface area (Å²) in [6.45, 7) is 12.4. The summed E-state index contributed by atoms with van der Waals surface area (Å²) in [5.41, 5.74) is 1.33. The summed E-state index contributed by atoms with van der Waals surface area (Å²) >= 11 is 0. The van der Waals surface area contributed by atoms with E-state index in [-0.39, 0.29) is 18.0 Å². The number of hydrogen-bond donors (Lipinski definition) is 0. The van der Waals surface area contributed by atoms with Crippen molar-refractivity contribution >= 4 is 12.1 Å². The summed E-state index contributed by atoms with van der Waals surface area (Å²) in [5, 5.41) is 0. The molecule has 0 N–H and O–H groups in total. The molecule has 144 valence electrons. The second kappa shape index (κ2) is 8.01. The van der Waals surface area contributed by atoms with Gasteiger partial charge < -0.3 is 14.4 Å². The van der Waals surface area contributed by atoms with E-state index in [0.29, 0.717) is 36.8 Å². The molecule has 7 nitrogen and oxygen atoms in total. The number of aryl methyl sites for hydroxylation is 2. The number of amides is 1. The third-order valence-electron chi connectivity index (χ3n) is 4.24. The number of carbonyl (C=O) groups is 2. The molecule has 26 heavy (non-hydrogen) atoms. The first kappa shape index (κ1) is 20.1. The van der Waals surface area contributed by atoms with Crippen molar-refractivity contribution in [2.75, 3.05) is 19.7 Å². The van der Waals surface area contributed by atoms with E-state index in [0.717, 1.165) is 18.5 Å². The molecule has 1 aromatic heterocycles. The zero-order valence-electron chi connectivity index (χ0n) is 16.6. The Balaban J connectivity index is 2.16. The molecule has 0 spiro atoms. The Kier molecular flexibility index (Phi) is 6.21. The molecule has 0 bridgehead atoms. The van der Waals surface area contributed by atoms with Gasteiger partial charge >= 0.3 is 12.1 Å². The lowest BCUT2D eigenvalue weighted by atomic mass is 9.90. The van der Waals surface area contributed by atoms with Gasteiger partial charge in [-0.25, -0.2) is 19.6 Å². The molecule has 0 unspecified atom stereocenters. The predicted molar refractivity (Wildman–Crippen MR) is 97.2 cm³/mol. The van der Waals surface area contributed by atoms with Crippen LogP contribution in [0.2, 0.25) is 0 Å². The Bertz CT molecular complexity index is 674. The van der Waals surface area contributed by atoms with E-state index >= 15 is 0 Å². The fourth-order valence-electron chi connectivity index (χ4n) is 3.15. The number of hydrogen-bond acceptors (Lipinski definition) is 6. The van der Waals surface area contributed by atoms with Crippen molar-refractivity contribution < 1.29 is 19.1 Å². The zero-order chi connectivity index (χ0) is 19.5. The van der Waals surface area contributed by atoms with E-state index in [1.54, 1.807) is 18.7 Å². The van der Waals surface area contributed by atoms with Crippen LogP contribution in [0.25, 0.3) is 0 Å². The molecule has 0 saturated carbocycles. The van der Waals surface area contributed by atoms with Crippen molar-refractivity contribution in [1.29, 1.82) is 0 Å². The highest BCUT2D eigenvalue weighted by Crippen LogP contribution is 2.31. The van der Waals surface area contributed by atoms with Crippen molar-refractivity contribution in [2.24, 2.45) is 0 Å². The molecule has 0 atom stereocenters. The number of nitrogens with zero attached hydrogens (tertiary/aromatic N) is 3. The van der Waals surface area contributed by atoms with Crippen molar-refractivity contribution in [3.8, 4) is 0 Å². The fourth-order valence-corrected chi connectivity index (χ4v) is 3.15. The number of likely N-dealkylation sites (tertiary alicyclic amines) is 1. The first-order valence-corrected chi connectivity index (χ1v) is 9.12. The van der Waals surface area contributed by atoms with Crippen LogP contribution in [0, 0.1) is 13.8 Å². The number of ether oxygens (including phenoxy) is 2. The van der Waals surface area contributed by atoms with E-state index in [1.165, 1.54) is 0 Å². The van der Waals surface area contributed by atoms with Crippen molar-refractivity contribution in [3.63, 3.8) is 0 Å². The van der Waals surface area contributed by atoms with Gasteiger partial charge in [0.25, 0.3) is 0 Å². The smallest absolute Gasteiger partial charge is 0.410 e. The molecule has 1 saturated heterocycles. The number of rotatable bonds is 3. The van der Waals surface area contributed by atoms with Crippen LogP contribution in [0.1, 0.15) is 74.0 Å². The van der Waals surface area contributed by atoms with E-state index in [9.17, 15) is 9.59 Å². The minimum Gasteiger partial charge on any atom is -0.462 e. The van der Waals surface area contributed by atoms with Gasteiger partial charge in [-0.2, -0.15) is 0 Å². The number of carbonyl (C=O) groups excluding carboxylic acids is 2. The summed E-state index contributed by atoms with van der Waals surface area (Å²) in [6, 6.07) is 0. The molecule has 1 aliphatic rings. The lowest BCUT2D eigenvalue weighted by Gasteiger charge is -2.33. The average Bonchev–Trinajstić information content (AvgIpc) is 2.52. The van der Waals surface area contributed by atoms with Gasteiger partial charge in [0.15, 0.2) is 0 Å². The lowest BCUT2D eigenvalue weighted by Crippen LogP contribution is -2.41. The Morgan fingerprint density at radius 1 is 1.15 bits per heavy atom. The van der Waals surface area contributed by atoms with Gasteiger partial charge in [0.05, 0.1) is 18.0 Å². The first-order chi connectivity index (χ1) is 12.1. The molecule has 0 aromatic carbocycles. The summed E-state index contributed by atoms with van der Waals surface area (Å²) in [5.74, 6) is 0.350. The van der Waals surface area contributed by atoms with E-state index < -0.39 is 5.60 Å². The number of esters is 1. The van der Waals surface area contributed by atoms with Crippen molar-refractivity contribution in [1.82, 2.24) is 14.9 Å². The van der Waals surface area contributed by atoms with Crippen LogP contribution in [0.4, 0.5) is 4.79 Å². The number of piperidine rings is 1. The molecule has 2 rings (SSSR count). The van der Waals surface area contributed by atoms with Crippen LogP contribution >= 0.6 is 0 Å². The Morgan fingerprint density at radius 3 is 2.31 bits per heavy atom. The van der Waals surface area contributed by atoms with Crippen LogP contribution in [0.5, 0.6) is 0 Å². The third kappa shape index (κ3) is 4.93. The molecule has 0 radical (unpaired) electrons. The predicted octanol–water partition coefficient (Wildman–Crippen LogP) is 3.38. The topological polar surface area (TPSA) is 81.6 Å². The normalized spacial score (nSPS) is 15.7. The van der Waals surface area contributed by atoms with Gasteiger partial charge in [0.1, 0.15) is 17.0 Å². The van der Waals surface area contributed by atoms with Crippen molar-refractivity contribution in [3.05, 3.63) is 22.8 Å². The first-order valence-electron chi connectivity index (χ1n) is 9.12. The average molecular weight is 363 g/mol. The van der Waals surface area contributed by atoms with Gasteiger partial charge in [-0.05, 0) is 54.4 Å². The Labute approximate surface area is 155 Å². The summed E-state index contributed by atoms with van der Waals surface area (Å²) in [4.78, 5) is 35.2. The molecule has 1 amide bonds. The molecule has 0 aliphatic carbocycles. The molecule has 1 aliphatic heterocycles. The second-order valence-corrected chi connectivity index (χ2v) is 7.58. The largest absolute Gasteiger partial charge is 0.462 e. The molecular formula is C19H29N3O4. The van der Waals surface area contributed by atoms with E-state index in [2.05, 4.69) is 9.97 Å². The monoisotopic (exact) mass is 363 g/mol. The van der Waals surface area contributed by atoms with Gasteiger partial charge in [-0.15, -0.1) is 0 Å². The highest BCUT2D eigenvalue weighted by Gasteiger charge is 2.31. The van der Waals surface area contributed by atoms with Crippen LogP contribution in [0.3, 0.4) is 0 Å². The maximum absolute atomic E-state index is 12.4. The minimum absolute atomic E-state index is 0.0912. The van der Waals surface area contributed by atoms with E-state index in [1.807, 2.05) is 27.7 Å². The highest BCUT2D eigenvalue weighted by atomic mass is 16.6.